The Kier molecular flexibility index (Phi) is 6.02. The van der Waals surface area contributed by atoms with Crippen LogP contribution >= 0.6 is 0 Å². The lowest BCUT2D eigenvalue weighted by Crippen LogP contribution is -2.54. The minimum Gasteiger partial charge on any atom is -0.466 e. The maximum absolute atomic E-state index is 11.6. The molecule has 4 nitrogen and oxygen atoms in total. The summed E-state index contributed by atoms with van der Waals surface area (Å²) in [5.74, 6) is 1.90. The summed E-state index contributed by atoms with van der Waals surface area (Å²) in [6.45, 7) is 7.44. The summed E-state index contributed by atoms with van der Waals surface area (Å²) in [6.07, 6.45) is 15.9. The fraction of sp³-hybridized carbons (Fsp3) is 0.741. The van der Waals surface area contributed by atoms with E-state index >= 15 is 0 Å². The average Bonchev–Trinajstić information content (AvgIpc) is 3.09. The van der Waals surface area contributed by atoms with E-state index in [1.165, 1.54) is 31.1 Å². The average molecular weight is 429 g/mol. The number of aliphatic hydroxyl groups is 1. The smallest absolute Gasteiger partial charge is 0.330 e. The molecule has 0 saturated heterocycles. The van der Waals surface area contributed by atoms with Gasteiger partial charge in [0.05, 0.1) is 19.3 Å². The first-order valence-corrected chi connectivity index (χ1v) is 12.0. The van der Waals surface area contributed by atoms with Crippen LogP contribution in [-0.4, -0.2) is 37.5 Å². The third kappa shape index (κ3) is 3.74. The first-order chi connectivity index (χ1) is 14.7. The van der Waals surface area contributed by atoms with E-state index in [9.17, 15) is 9.90 Å². The molecule has 0 aromatic rings. The van der Waals surface area contributed by atoms with Gasteiger partial charge in [-0.25, -0.2) is 4.79 Å². The number of methoxy groups -OCH3 is 2. The van der Waals surface area contributed by atoms with Crippen LogP contribution in [0.15, 0.2) is 35.5 Å². The summed E-state index contributed by atoms with van der Waals surface area (Å²) in [5, 5.41) is 10.8. The Morgan fingerprint density at radius 3 is 2.68 bits per heavy atom. The predicted molar refractivity (Wildman–Crippen MR) is 122 cm³/mol. The summed E-state index contributed by atoms with van der Waals surface area (Å²) in [6, 6.07) is 0. The van der Waals surface area contributed by atoms with E-state index in [4.69, 9.17) is 9.47 Å². The van der Waals surface area contributed by atoms with Gasteiger partial charge in [-0.3, -0.25) is 0 Å². The van der Waals surface area contributed by atoms with Crippen molar-refractivity contribution in [3.63, 3.8) is 0 Å². The molecule has 7 atom stereocenters. The second-order valence-corrected chi connectivity index (χ2v) is 11.1. The molecule has 0 heterocycles. The normalized spacial score (nSPS) is 42.8. The highest BCUT2D eigenvalue weighted by Gasteiger charge is 2.59. The highest BCUT2D eigenvalue weighted by molar-refractivity contribution is 5.81. The van der Waals surface area contributed by atoms with Crippen LogP contribution in [0.1, 0.15) is 65.7 Å². The van der Waals surface area contributed by atoms with Gasteiger partial charge >= 0.3 is 5.97 Å². The van der Waals surface area contributed by atoms with E-state index in [0.717, 1.165) is 38.7 Å². The van der Waals surface area contributed by atoms with Gasteiger partial charge in [0, 0.05) is 18.6 Å². The maximum Gasteiger partial charge on any atom is 0.330 e. The van der Waals surface area contributed by atoms with Crippen molar-refractivity contribution in [3.8, 4) is 0 Å². The third-order valence-corrected chi connectivity index (χ3v) is 9.36. The molecule has 2 saturated carbocycles. The Morgan fingerprint density at radius 2 is 1.97 bits per heavy atom. The number of hydrogen-bond acceptors (Lipinski definition) is 4. The molecule has 4 heteroatoms. The molecule has 0 spiro atoms. The van der Waals surface area contributed by atoms with Crippen LogP contribution in [0.3, 0.4) is 0 Å². The summed E-state index contributed by atoms with van der Waals surface area (Å²) < 4.78 is 10.6. The van der Waals surface area contributed by atoms with E-state index in [-0.39, 0.29) is 22.7 Å². The summed E-state index contributed by atoms with van der Waals surface area (Å²) >= 11 is 0. The number of carbonyl (C=O) groups is 1. The molecule has 0 unspecified atom stereocenters. The Bertz CT molecular complexity index is 806. The zero-order valence-corrected chi connectivity index (χ0v) is 19.9. The highest BCUT2D eigenvalue weighted by atomic mass is 16.5. The second-order valence-electron chi connectivity index (χ2n) is 11.1. The maximum atomic E-state index is 11.6. The molecule has 0 aromatic heterocycles. The highest BCUT2D eigenvalue weighted by Crippen LogP contribution is 2.66. The van der Waals surface area contributed by atoms with E-state index < -0.39 is 5.60 Å². The fourth-order valence-electron chi connectivity index (χ4n) is 7.84. The largest absolute Gasteiger partial charge is 0.466 e. The van der Waals surface area contributed by atoms with Gasteiger partial charge in [-0.15, -0.1) is 0 Å². The van der Waals surface area contributed by atoms with Crippen molar-refractivity contribution < 1.29 is 19.4 Å². The van der Waals surface area contributed by atoms with Gasteiger partial charge in [-0.2, -0.15) is 0 Å². The quantitative estimate of drug-likeness (QED) is 0.370. The van der Waals surface area contributed by atoms with Gasteiger partial charge in [-0.05, 0) is 81.0 Å². The van der Waals surface area contributed by atoms with Crippen LogP contribution in [0.5, 0.6) is 0 Å². The molecule has 0 amide bonds. The molecular weight excluding hydrogens is 388 g/mol. The number of allylic oxidation sites excluding steroid dienone is 4. The van der Waals surface area contributed by atoms with E-state index in [1.807, 2.05) is 20.1 Å². The van der Waals surface area contributed by atoms with Crippen molar-refractivity contribution in [2.45, 2.75) is 71.3 Å². The molecule has 0 bridgehead atoms. The standard InChI is InChI=1S/C27H40O4/c1-18(6-11-24(28)31-5)21-9-10-22-20-8-7-19-16-25(2,29)14-15-27(19,17-30-4)23(20)12-13-26(21,22)3/h6-7,9,11,18,20,22-23,29H,8,10,12-17H2,1-5H3/b11-6+/t18-,20+,22+,23+,25+,26-,27-/m1/s1. The van der Waals surface area contributed by atoms with Gasteiger partial charge in [0.25, 0.3) is 0 Å². The lowest BCUT2D eigenvalue weighted by Gasteiger charge is -2.59. The van der Waals surface area contributed by atoms with Crippen molar-refractivity contribution >= 4 is 5.97 Å². The molecule has 4 rings (SSSR count). The molecule has 172 valence electrons. The van der Waals surface area contributed by atoms with Gasteiger partial charge in [0.2, 0.25) is 0 Å². The van der Waals surface area contributed by atoms with Gasteiger partial charge in [0.15, 0.2) is 0 Å². The van der Waals surface area contributed by atoms with Crippen molar-refractivity contribution in [1.29, 1.82) is 0 Å². The van der Waals surface area contributed by atoms with Crippen LogP contribution in [0, 0.1) is 34.5 Å². The van der Waals surface area contributed by atoms with Crippen molar-refractivity contribution in [1.82, 2.24) is 0 Å². The van der Waals surface area contributed by atoms with Crippen LogP contribution < -0.4 is 0 Å². The number of ether oxygens (including phenoxy) is 2. The Balaban J connectivity index is 1.60. The Labute approximate surface area is 187 Å². The Morgan fingerprint density at radius 1 is 1.19 bits per heavy atom. The summed E-state index contributed by atoms with van der Waals surface area (Å²) in [5.41, 5.74) is 2.67. The number of carbonyl (C=O) groups excluding carboxylic acids is 1. The minimum absolute atomic E-state index is 0.0976. The molecule has 0 radical (unpaired) electrons. The second kappa shape index (κ2) is 8.19. The zero-order valence-electron chi connectivity index (χ0n) is 19.9. The SMILES string of the molecule is COC[C@]12CC[C@](C)(O)CC1=CC[C@@H]1[C@@H]2CC[C@]2(C)C([C@H](C)/C=C/C(=O)OC)=CC[C@@H]12. The van der Waals surface area contributed by atoms with Crippen molar-refractivity contribution in [2.75, 3.05) is 20.8 Å². The number of esters is 1. The molecular formula is C27H40O4. The van der Waals surface area contributed by atoms with Crippen molar-refractivity contribution in [3.05, 3.63) is 35.5 Å². The van der Waals surface area contributed by atoms with E-state index in [0.29, 0.717) is 17.8 Å². The van der Waals surface area contributed by atoms with E-state index in [1.54, 1.807) is 6.08 Å². The number of rotatable bonds is 5. The molecule has 2 fully saturated rings. The minimum atomic E-state index is -0.581. The molecule has 0 aliphatic heterocycles. The number of hydrogen-bond donors (Lipinski definition) is 1. The third-order valence-electron chi connectivity index (χ3n) is 9.36. The van der Waals surface area contributed by atoms with Gasteiger partial charge in [-0.1, -0.05) is 43.2 Å². The van der Waals surface area contributed by atoms with Crippen LogP contribution in [0.4, 0.5) is 0 Å². The summed E-state index contributed by atoms with van der Waals surface area (Å²) in [4.78, 5) is 11.6. The van der Waals surface area contributed by atoms with Crippen LogP contribution in [-0.2, 0) is 14.3 Å². The van der Waals surface area contributed by atoms with Gasteiger partial charge in [0.1, 0.15) is 0 Å². The molecule has 1 N–H and O–H groups in total. The van der Waals surface area contributed by atoms with Crippen LogP contribution in [0.2, 0.25) is 0 Å². The monoisotopic (exact) mass is 428 g/mol. The molecule has 31 heavy (non-hydrogen) atoms. The first kappa shape index (κ1) is 22.8. The van der Waals surface area contributed by atoms with E-state index in [2.05, 4.69) is 26.0 Å². The Hall–Kier alpha value is -1.39. The molecule has 4 aliphatic rings. The first-order valence-electron chi connectivity index (χ1n) is 12.0. The molecule has 0 aromatic carbocycles. The predicted octanol–water partition coefficient (Wildman–Crippen LogP) is 5.23. The zero-order chi connectivity index (χ0) is 22.4. The summed E-state index contributed by atoms with van der Waals surface area (Å²) in [7, 11) is 3.26. The van der Waals surface area contributed by atoms with Crippen LogP contribution in [0.25, 0.3) is 0 Å². The lowest BCUT2D eigenvalue weighted by molar-refractivity contribution is -0.134. The molecule has 4 aliphatic carbocycles. The lowest BCUT2D eigenvalue weighted by atomic mass is 9.46. The van der Waals surface area contributed by atoms with Crippen molar-refractivity contribution in [2.24, 2.45) is 34.5 Å². The number of fused-ring (bicyclic) bond motifs is 5. The fourth-order valence-corrected chi connectivity index (χ4v) is 7.84. The van der Waals surface area contributed by atoms with Gasteiger partial charge < -0.3 is 14.6 Å². The topological polar surface area (TPSA) is 55.8 Å².